The second kappa shape index (κ2) is 9.49. The van der Waals surface area contributed by atoms with Gasteiger partial charge in [-0.3, -0.25) is 9.59 Å². The third kappa shape index (κ3) is 19.4. The van der Waals surface area contributed by atoms with Gasteiger partial charge in [-0.15, -0.1) is 0 Å². The van der Waals surface area contributed by atoms with Crippen LogP contribution in [0.25, 0.3) is 0 Å². The van der Waals surface area contributed by atoms with E-state index >= 15 is 0 Å². The number of esters is 2. The van der Waals surface area contributed by atoms with Gasteiger partial charge in [-0.2, -0.15) is 0 Å². The highest BCUT2D eigenvalue weighted by Crippen LogP contribution is 1.90. The van der Waals surface area contributed by atoms with Crippen LogP contribution in [0.3, 0.4) is 0 Å². The molecule has 0 aliphatic heterocycles. The van der Waals surface area contributed by atoms with E-state index in [9.17, 15) is 9.59 Å². The molecule has 4 heteroatoms. The summed E-state index contributed by atoms with van der Waals surface area (Å²) in [5.41, 5.74) is 0. The molecule has 0 unspecified atom stereocenters. The van der Waals surface area contributed by atoms with Crippen LogP contribution >= 0.6 is 0 Å². The molecule has 0 aromatic rings. The van der Waals surface area contributed by atoms with Crippen molar-refractivity contribution in [2.45, 2.75) is 60.2 Å². The summed E-state index contributed by atoms with van der Waals surface area (Å²) >= 11 is 0. The van der Waals surface area contributed by atoms with E-state index in [1.54, 1.807) is 6.92 Å². The number of carbonyl (C=O) groups is 2. The maximum Gasteiger partial charge on any atom is 0.305 e. The monoisotopic (exact) mass is 218 g/mol. The lowest BCUT2D eigenvalue weighted by molar-refractivity contribution is -0.147. The average Bonchev–Trinajstić information content (AvgIpc) is 2.01. The molecule has 4 nitrogen and oxygen atoms in total. The summed E-state index contributed by atoms with van der Waals surface area (Å²) in [5.74, 6) is -0.338. The molecule has 0 fully saturated rings. The van der Waals surface area contributed by atoms with E-state index in [2.05, 4.69) is 4.74 Å². The fourth-order valence-electron chi connectivity index (χ4n) is 0.678. The number of carbonyl (C=O) groups excluding carboxylic acids is 2. The van der Waals surface area contributed by atoms with E-state index < -0.39 is 0 Å². The lowest BCUT2D eigenvalue weighted by atomic mass is 10.4. The number of ether oxygens (including phenoxy) is 2. The highest BCUT2D eigenvalue weighted by molar-refractivity contribution is 5.69. The molecule has 0 spiro atoms. The van der Waals surface area contributed by atoms with Gasteiger partial charge >= 0.3 is 11.9 Å². The first-order valence-corrected chi connectivity index (χ1v) is 5.16. The van der Waals surface area contributed by atoms with Gasteiger partial charge in [0.25, 0.3) is 0 Å². The second-order valence-electron chi connectivity index (χ2n) is 3.55. The van der Waals surface area contributed by atoms with Crippen molar-refractivity contribution in [2.75, 3.05) is 0 Å². The molecule has 15 heavy (non-hydrogen) atoms. The Balaban J connectivity index is 0. The Morgan fingerprint density at radius 3 is 1.47 bits per heavy atom. The molecule has 0 aromatic carbocycles. The van der Waals surface area contributed by atoms with Gasteiger partial charge in [-0.25, -0.2) is 0 Å². The predicted octanol–water partition coefficient (Wildman–Crippen LogP) is 2.31. The predicted molar refractivity (Wildman–Crippen MR) is 58.4 cm³/mol. The molecular formula is C11H22O4. The Kier molecular flexibility index (Phi) is 10.4. The molecule has 90 valence electrons. The molecule has 0 amide bonds. The molecule has 0 saturated heterocycles. The van der Waals surface area contributed by atoms with Crippen LogP contribution < -0.4 is 0 Å². The van der Waals surface area contributed by atoms with Crippen molar-refractivity contribution in [1.29, 1.82) is 0 Å². The van der Waals surface area contributed by atoms with E-state index in [0.29, 0.717) is 6.42 Å². The molecule has 0 N–H and O–H groups in total. The van der Waals surface area contributed by atoms with Crippen LogP contribution in [0.15, 0.2) is 0 Å². The minimum Gasteiger partial charge on any atom is -0.463 e. The van der Waals surface area contributed by atoms with Crippen molar-refractivity contribution < 1.29 is 19.1 Å². The van der Waals surface area contributed by atoms with Crippen LogP contribution in [0.4, 0.5) is 0 Å². The summed E-state index contributed by atoms with van der Waals surface area (Å²) in [6.45, 7) is 10.5. The Labute approximate surface area is 91.9 Å². The zero-order chi connectivity index (χ0) is 12.4. The Morgan fingerprint density at radius 2 is 1.40 bits per heavy atom. The highest BCUT2D eigenvalue weighted by atomic mass is 16.5. The summed E-state index contributed by atoms with van der Waals surface area (Å²) in [6.07, 6.45) is 0.526. The van der Waals surface area contributed by atoms with E-state index in [4.69, 9.17) is 4.74 Å². The van der Waals surface area contributed by atoms with Gasteiger partial charge in [0.15, 0.2) is 0 Å². The van der Waals surface area contributed by atoms with Crippen molar-refractivity contribution in [2.24, 2.45) is 0 Å². The molecule has 0 aromatic heterocycles. The fraction of sp³-hybridized carbons (Fsp3) is 0.818. The molecular weight excluding hydrogens is 196 g/mol. The van der Waals surface area contributed by atoms with E-state index in [1.807, 2.05) is 27.7 Å². The Morgan fingerprint density at radius 1 is 1.00 bits per heavy atom. The van der Waals surface area contributed by atoms with Crippen LogP contribution in [0.5, 0.6) is 0 Å². The first-order chi connectivity index (χ1) is 6.79. The second-order valence-corrected chi connectivity index (χ2v) is 3.55. The first-order valence-electron chi connectivity index (χ1n) is 5.16. The standard InChI is InChI=1S/C6H12O2.C5H10O2/c1-4-6(7)8-5(2)3;1-4(2)7-5(3)6/h5H,4H2,1-3H3;4H,1-3H3. The lowest BCUT2D eigenvalue weighted by Gasteiger charge is -2.04. The molecule has 0 heterocycles. The van der Waals surface area contributed by atoms with Crippen LogP contribution in [-0.4, -0.2) is 24.1 Å². The van der Waals surface area contributed by atoms with Crippen molar-refractivity contribution in [1.82, 2.24) is 0 Å². The third-order valence-corrected chi connectivity index (χ3v) is 1.06. The molecule has 0 aliphatic carbocycles. The van der Waals surface area contributed by atoms with Crippen LogP contribution in [0.2, 0.25) is 0 Å². The minimum absolute atomic E-state index is 0.0255. The quantitative estimate of drug-likeness (QED) is 0.682. The normalized spacial score (nSPS) is 9.33. The molecule has 0 bridgehead atoms. The van der Waals surface area contributed by atoms with Crippen LogP contribution in [0, 0.1) is 0 Å². The van der Waals surface area contributed by atoms with Gasteiger partial charge in [0.1, 0.15) is 0 Å². The molecule has 0 rings (SSSR count). The number of hydrogen-bond acceptors (Lipinski definition) is 4. The summed E-state index contributed by atoms with van der Waals surface area (Å²) in [6, 6.07) is 0. The lowest BCUT2D eigenvalue weighted by Crippen LogP contribution is -2.09. The zero-order valence-corrected chi connectivity index (χ0v) is 10.5. The maximum absolute atomic E-state index is 10.4. The van der Waals surface area contributed by atoms with Gasteiger partial charge in [0, 0.05) is 13.3 Å². The summed E-state index contributed by atoms with van der Waals surface area (Å²) in [5, 5.41) is 0. The number of rotatable bonds is 3. The highest BCUT2D eigenvalue weighted by Gasteiger charge is 1.98. The van der Waals surface area contributed by atoms with Crippen LogP contribution in [-0.2, 0) is 19.1 Å². The van der Waals surface area contributed by atoms with Crippen molar-refractivity contribution in [3.05, 3.63) is 0 Å². The Bertz CT molecular complexity index is 185. The smallest absolute Gasteiger partial charge is 0.305 e. The Hall–Kier alpha value is -1.06. The van der Waals surface area contributed by atoms with Crippen molar-refractivity contribution in [3.63, 3.8) is 0 Å². The van der Waals surface area contributed by atoms with Crippen molar-refractivity contribution >= 4 is 11.9 Å². The maximum atomic E-state index is 10.4. The summed E-state index contributed by atoms with van der Waals surface area (Å²) in [4.78, 5) is 20.4. The first kappa shape index (κ1) is 16.4. The SMILES string of the molecule is CC(=O)OC(C)C.CCC(=O)OC(C)C. The fourth-order valence-corrected chi connectivity index (χ4v) is 0.678. The molecule has 0 saturated carbocycles. The van der Waals surface area contributed by atoms with Crippen molar-refractivity contribution in [3.8, 4) is 0 Å². The van der Waals surface area contributed by atoms with E-state index in [1.165, 1.54) is 6.92 Å². The van der Waals surface area contributed by atoms with E-state index in [-0.39, 0.29) is 24.1 Å². The van der Waals surface area contributed by atoms with Gasteiger partial charge in [-0.1, -0.05) is 6.92 Å². The molecule has 0 aliphatic rings. The average molecular weight is 218 g/mol. The largest absolute Gasteiger partial charge is 0.463 e. The topological polar surface area (TPSA) is 52.6 Å². The van der Waals surface area contributed by atoms with E-state index in [0.717, 1.165) is 0 Å². The summed E-state index contributed by atoms with van der Waals surface area (Å²) in [7, 11) is 0. The van der Waals surface area contributed by atoms with Gasteiger partial charge in [-0.05, 0) is 27.7 Å². The summed E-state index contributed by atoms with van der Waals surface area (Å²) < 4.78 is 9.37. The minimum atomic E-state index is -0.213. The van der Waals surface area contributed by atoms with Gasteiger partial charge in [0.05, 0.1) is 12.2 Å². The van der Waals surface area contributed by atoms with Crippen LogP contribution in [0.1, 0.15) is 48.0 Å². The van der Waals surface area contributed by atoms with Gasteiger partial charge < -0.3 is 9.47 Å². The van der Waals surface area contributed by atoms with Gasteiger partial charge in [0.2, 0.25) is 0 Å². The molecule has 0 radical (unpaired) electrons. The zero-order valence-electron chi connectivity index (χ0n) is 10.5. The number of hydrogen-bond donors (Lipinski definition) is 0. The third-order valence-electron chi connectivity index (χ3n) is 1.06. The molecule has 0 atom stereocenters.